The minimum atomic E-state index is -4.09. The van der Waals surface area contributed by atoms with Crippen molar-refractivity contribution in [3.05, 3.63) is 0 Å². The zero-order chi connectivity index (χ0) is 12.0. The monoisotopic (exact) mass is 238 g/mol. The van der Waals surface area contributed by atoms with Gasteiger partial charge in [-0.05, 0) is 32.4 Å². The lowest BCUT2D eigenvalue weighted by Crippen LogP contribution is -2.48. The molecule has 1 aliphatic rings. The summed E-state index contributed by atoms with van der Waals surface area (Å²) in [7, 11) is 0. The van der Waals surface area contributed by atoms with E-state index in [-0.39, 0.29) is 6.04 Å². The van der Waals surface area contributed by atoms with E-state index in [2.05, 4.69) is 17.1 Å². The van der Waals surface area contributed by atoms with E-state index < -0.39 is 12.7 Å². The summed E-state index contributed by atoms with van der Waals surface area (Å²) in [6.07, 6.45) is 0.0345. The van der Waals surface area contributed by atoms with Crippen molar-refractivity contribution in [3.8, 4) is 0 Å². The quantitative estimate of drug-likeness (QED) is 0.791. The molecule has 0 aromatic rings. The van der Waals surface area contributed by atoms with Gasteiger partial charge in [-0.15, -0.1) is 0 Å². The molecule has 0 aromatic heterocycles. The van der Waals surface area contributed by atoms with Crippen LogP contribution in [0.5, 0.6) is 0 Å². The van der Waals surface area contributed by atoms with Gasteiger partial charge in [-0.3, -0.25) is 0 Å². The molecule has 1 fully saturated rings. The maximum absolute atomic E-state index is 12.0. The van der Waals surface area contributed by atoms with Crippen molar-refractivity contribution in [2.45, 2.75) is 44.8 Å². The Labute approximate surface area is 95.2 Å². The van der Waals surface area contributed by atoms with Crippen LogP contribution in [0.2, 0.25) is 0 Å². The molecule has 96 valence electrons. The second kappa shape index (κ2) is 6.45. The fourth-order valence-corrected chi connectivity index (χ4v) is 2.07. The summed E-state index contributed by atoms with van der Waals surface area (Å²) in [5, 5.41) is 2.60. The first kappa shape index (κ1) is 13.8. The standard InChI is InChI=1S/C11H21F3N2/c1-2-3-6-16-7-4-5-10(8-16)15-9-11(12,13)14/h10,15H,2-9H2,1H3. The molecule has 5 heteroatoms. The van der Waals surface area contributed by atoms with Gasteiger partial charge in [-0.2, -0.15) is 13.2 Å². The van der Waals surface area contributed by atoms with E-state index in [1.807, 2.05) is 0 Å². The number of nitrogens with zero attached hydrogens (tertiary/aromatic N) is 1. The third-order valence-electron chi connectivity index (χ3n) is 2.92. The average molecular weight is 238 g/mol. The smallest absolute Gasteiger partial charge is 0.305 e. The Bertz CT molecular complexity index is 194. The zero-order valence-electron chi connectivity index (χ0n) is 9.82. The van der Waals surface area contributed by atoms with Gasteiger partial charge in [0.15, 0.2) is 0 Å². The lowest BCUT2D eigenvalue weighted by Gasteiger charge is -2.33. The summed E-state index contributed by atoms with van der Waals surface area (Å²) in [6.45, 7) is 4.07. The topological polar surface area (TPSA) is 15.3 Å². The van der Waals surface area contributed by atoms with Crippen LogP contribution in [0, 0.1) is 0 Å². The predicted octanol–water partition coefficient (Wildman–Crippen LogP) is 2.40. The molecule has 1 unspecified atom stereocenters. The SMILES string of the molecule is CCCCN1CCCC(NCC(F)(F)F)C1. The predicted molar refractivity (Wildman–Crippen MR) is 58.4 cm³/mol. The molecule has 1 rings (SSSR count). The van der Waals surface area contributed by atoms with Crippen molar-refractivity contribution in [1.29, 1.82) is 0 Å². The Morgan fingerprint density at radius 2 is 2.12 bits per heavy atom. The molecule has 16 heavy (non-hydrogen) atoms. The molecule has 0 spiro atoms. The number of nitrogens with one attached hydrogen (secondary N) is 1. The second-order valence-electron chi connectivity index (χ2n) is 4.49. The molecule has 0 radical (unpaired) electrons. The van der Waals surface area contributed by atoms with Gasteiger partial charge < -0.3 is 10.2 Å². The molecule has 0 aromatic carbocycles. The van der Waals surface area contributed by atoms with Gasteiger partial charge in [0, 0.05) is 12.6 Å². The average Bonchev–Trinajstić information content (AvgIpc) is 2.23. The molecular formula is C11H21F3N2. The van der Waals surface area contributed by atoms with E-state index in [0.29, 0.717) is 0 Å². The van der Waals surface area contributed by atoms with E-state index in [9.17, 15) is 13.2 Å². The Morgan fingerprint density at radius 1 is 1.38 bits per heavy atom. The summed E-state index contributed by atoms with van der Waals surface area (Å²) < 4.78 is 36.1. The first-order valence-electron chi connectivity index (χ1n) is 6.04. The normalized spacial score (nSPS) is 23.6. The van der Waals surface area contributed by atoms with Crippen LogP contribution in [0.25, 0.3) is 0 Å². The number of hydrogen-bond donors (Lipinski definition) is 1. The van der Waals surface area contributed by atoms with Gasteiger partial charge in [-0.25, -0.2) is 0 Å². The molecule has 0 amide bonds. The van der Waals surface area contributed by atoms with E-state index in [0.717, 1.165) is 45.3 Å². The zero-order valence-corrected chi connectivity index (χ0v) is 9.82. The molecule has 0 aliphatic carbocycles. The van der Waals surface area contributed by atoms with E-state index >= 15 is 0 Å². The molecule has 0 saturated carbocycles. The van der Waals surface area contributed by atoms with Crippen LogP contribution < -0.4 is 5.32 Å². The molecule has 0 bridgehead atoms. The van der Waals surface area contributed by atoms with Crippen molar-refractivity contribution in [1.82, 2.24) is 10.2 Å². The van der Waals surface area contributed by atoms with Crippen LogP contribution in [0.3, 0.4) is 0 Å². The molecule has 1 aliphatic heterocycles. The number of alkyl halides is 3. The van der Waals surface area contributed by atoms with Gasteiger partial charge in [-0.1, -0.05) is 13.3 Å². The number of unbranched alkanes of at least 4 members (excludes halogenated alkanes) is 1. The Kier molecular flexibility index (Phi) is 5.55. The summed E-state index contributed by atoms with van der Waals surface area (Å²) in [4.78, 5) is 2.26. The van der Waals surface area contributed by atoms with Crippen molar-refractivity contribution < 1.29 is 13.2 Å². The third-order valence-corrected chi connectivity index (χ3v) is 2.92. The minimum Gasteiger partial charge on any atom is -0.305 e. The molecule has 1 saturated heterocycles. The summed E-state index contributed by atoms with van der Waals surface area (Å²) >= 11 is 0. The molecule has 1 N–H and O–H groups in total. The number of halogens is 3. The van der Waals surface area contributed by atoms with Gasteiger partial charge in [0.2, 0.25) is 0 Å². The molecule has 1 heterocycles. The van der Waals surface area contributed by atoms with Gasteiger partial charge in [0.25, 0.3) is 0 Å². The summed E-state index contributed by atoms with van der Waals surface area (Å²) in [5.41, 5.74) is 0. The lowest BCUT2D eigenvalue weighted by atomic mass is 10.1. The summed E-state index contributed by atoms with van der Waals surface area (Å²) in [5.74, 6) is 0. The van der Waals surface area contributed by atoms with Crippen LogP contribution in [-0.4, -0.2) is 43.3 Å². The first-order chi connectivity index (χ1) is 7.51. The highest BCUT2D eigenvalue weighted by Crippen LogP contribution is 2.15. The maximum Gasteiger partial charge on any atom is 0.401 e. The van der Waals surface area contributed by atoms with Crippen molar-refractivity contribution >= 4 is 0 Å². The van der Waals surface area contributed by atoms with Gasteiger partial charge in [0.1, 0.15) is 0 Å². The van der Waals surface area contributed by atoms with Crippen molar-refractivity contribution in [2.24, 2.45) is 0 Å². The number of rotatable bonds is 5. The Balaban J connectivity index is 2.22. The van der Waals surface area contributed by atoms with Crippen molar-refractivity contribution in [2.75, 3.05) is 26.2 Å². The van der Waals surface area contributed by atoms with Crippen molar-refractivity contribution in [3.63, 3.8) is 0 Å². The highest BCUT2D eigenvalue weighted by atomic mass is 19.4. The molecular weight excluding hydrogens is 217 g/mol. The summed E-state index contributed by atoms with van der Waals surface area (Å²) in [6, 6.07) is 0.00670. The Hall–Kier alpha value is -0.290. The molecule has 2 nitrogen and oxygen atoms in total. The fourth-order valence-electron chi connectivity index (χ4n) is 2.07. The second-order valence-corrected chi connectivity index (χ2v) is 4.49. The van der Waals surface area contributed by atoms with Crippen LogP contribution in [0.4, 0.5) is 13.2 Å². The maximum atomic E-state index is 12.0. The van der Waals surface area contributed by atoms with Crippen LogP contribution >= 0.6 is 0 Å². The van der Waals surface area contributed by atoms with Gasteiger partial charge in [0.05, 0.1) is 6.54 Å². The van der Waals surface area contributed by atoms with Crippen LogP contribution in [-0.2, 0) is 0 Å². The van der Waals surface area contributed by atoms with E-state index in [1.54, 1.807) is 0 Å². The minimum absolute atomic E-state index is 0.00670. The third kappa shape index (κ3) is 5.70. The van der Waals surface area contributed by atoms with Gasteiger partial charge >= 0.3 is 6.18 Å². The van der Waals surface area contributed by atoms with Crippen LogP contribution in [0.1, 0.15) is 32.6 Å². The first-order valence-corrected chi connectivity index (χ1v) is 6.04. The number of piperidine rings is 1. The number of hydrogen-bond acceptors (Lipinski definition) is 2. The van der Waals surface area contributed by atoms with E-state index in [4.69, 9.17) is 0 Å². The largest absolute Gasteiger partial charge is 0.401 e. The highest BCUT2D eigenvalue weighted by molar-refractivity contribution is 4.78. The fraction of sp³-hybridized carbons (Fsp3) is 1.00. The lowest BCUT2D eigenvalue weighted by molar-refractivity contribution is -0.127. The van der Waals surface area contributed by atoms with Crippen LogP contribution in [0.15, 0.2) is 0 Å². The highest BCUT2D eigenvalue weighted by Gasteiger charge is 2.29. The van der Waals surface area contributed by atoms with E-state index in [1.165, 1.54) is 0 Å². The number of likely N-dealkylation sites (tertiary alicyclic amines) is 1. The molecule has 1 atom stereocenters. The Morgan fingerprint density at radius 3 is 2.75 bits per heavy atom.